The predicted molar refractivity (Wildman–Crippen MR) is 149 cm³/mol. The lowest BCUT2D eigenvalue weighted by atomic mass is 10.1. The van der Waals surface area contributed by atoms with Gasteiger partial charge in [0.05, 0.1) is 17.7 Å². The summed E-state index contributed by atoms with van der Waals surface area (Å²) in [6.45, 7) is 0.367. The minimum atomic E-state index is -0.670. The number of amidine groups is 2. The number of nitrogens with one attached hydrogen (secondary N) is 1. The molecule has 0 bridgehead atoms. The number of amides is 2. The van der Waals surface area contributed by atoms with Crippen molar-refractivity contribution in [1.29, 1.82) is 0 Å². The maximum atomic E-state index is 13.0. The fourth-order valence-electron chi connectivity index (χ4n) is 4.38. The third-order valence-corrected chi connectivity index (χ3v) is 7.41. The number of fused-ring (bicyclic) bond motifs is 3. The standard InChI is InChI=1S/C28H25N5O5S/c1-38-21-11-9-18(10-12-21)16-29-25(34)14-13-24-27(35)31-26-22-7-2-3-8-23(22)30-28(32(24)26)39-17-19-5-4-6-20(15-19)33(36)37/h2-12,15,24H,13-14,16-17H2,1H3,(H,29,34). The van der Waals surface area contributed by atoms with Crippen LogP contribution in [0.25, 0.3) is 0 Å². The van der Waals surface area contributed by atoms with E-state index in [0.717, 1.165) is 22.4 Å². The maximum absolute atomic E-state index is 13.0. The Kier molecular flexibility index (Phi) is 7.69. The number of para-hydroxylation sites is 1. The van der Waals surface area contributed by atoms with E-state index < -0.39 is 11.0 Å². The number of carbonyl (C=O) groups excluding carboxylic acids is 2. The first-order valence-electron chi connectivity index (χ1n) is 12.3. The fourth-order valence-corrected chi connectivity index (χ4v) is 5.38. The average Bonchev–Trinajstić information content (AvgIpc) is 3.30. The van der Waals surface area contributed by atoms with E-state index in [1.54, 1.807) is 18.1 Å². The quantitative estimate of drug-likeness (QED) is 0.309. The van der Waals surface area contributed by atoms with Crippen molar-refractivity contribution in [3.05, 3.63) is 99.6 Å². The van der Waals surface area contributed by atoms with Crippen LogP contribution in [-0.2, 0) is 21.9 Å². The summed E-state index contributed by atoms with van der Waals surface area (Å²) in [6, 6.07) is 20.6. The SMILES string of the molecule is COc1ccc(CNC(=O)CCC2C(=O)N=C3c4ccccc4N=C(SCc4cccc([N+](=O)[O-])c4)N32)cc1. The second-order valence-electron chi connectivity index (χ2n) is 8.95. The molecule has 0 fully saturated rings. The van der Waals surface area contributed by atoms with E-state index in [9.17, 15) is 19.7 Å². The van der Waals surface area contributed by atoms with E-state index in [-0.39, 0.29) is 30.3 Å². The normalized spacial score (nSPS) is 15.7. The molecule has 2 heterocycles. The van der Waals surface area contributed by atoms with Crippen LogP contribution < -0.4 is 10.1 Å². The molecule has 2 aliphatic rings. The monoisotopic (exact) mass is 543 g/mol. The van der Waals surface area contributed by atoms with E-state index in [4.69, 9.17) is 9.73 Å². The van der Waals surface area contributed by atoms with Crippen LogP contribution in [0.3, 0.4) is 0 Å². The predicted octanol–water partition coefficient (Wildman–Crippen LogP) is 4.59. The van der Waals surface area contributed by atoms with Crippen molar-refractivity contribution in [2.24, 2.45) is 9.98 Å². The topological polar surface area (TPSA) is 126 Å². The van der Waals surface area contributed by atoms with Crippen LogP contribution in [0.2, 0.25) is 0 Å². The summed E-state index contributed by atoms with van der Waals surface area (Å²) in [7, 11) is 1.60. The highest BCUT2D eigenvalue weighted by Gasteiger charge is 2.41. The Balaban J connectivity index is 1.29. The highest BCUT2D eigenvalue weighted by molar-refractivity contribution is 8.13. The molecule has 1 N–H and O–H groups in total. The number of carbonyl (C=O) groups is 2. The lowest BCUT2D eigenvalue weighted by Crippen LogP contribution is -2.44. The molecule has 0 saturated carbocycles. The van der Waals surface area contributed by atoms with Crippen LogP contribution in [-0.4, -0.2) is 45.8 Å². The smallest absolute Gasteiger partial charge is 0.270 e. The molecular weight excluding hydrogens is 518 g/mol. The number of hydrogen-bond donors (Lipinski definition) is 1. The van der Waals surface area contributed by atoms with E-state index in [1.165, 1.54) is 23.9 Å². The number of hydrogen-bond acceptors (Lipinski definition) is 8. The van der Waals surface area contributed by atoms with Gasteiger partial charge in [-0.1, -0.05) is 48.2 Å². The Morgan fingerprint density at radius 1 is 1.08 bits per heavy atom. The van der Waals surface area contributed by atoms with Gasteiger partial charge in [-0.15, -0.1) is 0 Å². The second-order valence-corrected chi connectivity index (χ2v) is 9.89. The van der Waals surface area contributed by atoms with Crippen molar-refractivity contribution in [2.45, 2.75) is 31.2 Å². The summed E-state index contributed by atoms with van der Waals surface area (Å²) < 4.78 is 5.16. The molecule has 0 saturated heterocycles. The van der Waals surface area contributed by atoms with Crippen LogP contribution in [0.1, 0.15) is 29.5 Å². The van der Waals surface area contributed by atoms with E-state index in [0.29, 0.717) is 29.0 Å². The second kappa shape index (κ2) is 11.5. The molecule has 2 aliphatic heterocycles. The zero-order valence-electron chi connectivity index (χ0n) is 21.1. The summed E-state index contributed by atoms with van der Waals surface area (Å²) in [6.07, 6.45) is 0.398. The van der Waals surface area contributed by atoms with Crippen LogP contribution in [0.4, 0.5) is 11.4 Å². The molecule has 10 nitrogen and oxygen atoms in total. The molecule has 2 amide bonds. The van der Waals surface area contributed by atoms with Gasteiger partial charge >= 0.3 is 0 Å². The molecule has 11 heteroatoms. The van der Waals surface area contributed by atoms with E-state index in [2.05, 4.69) is 10.3 Å². The molecule has 0 radical (unpaired) electrons. The van der Waals surface area contributed by atoms with Gasteiger partial charge in [-0.2, -0.15) is 4.99 Å². The number of nitro groups is 1. The van der Waals surface area contributed by atoms with Gasteiger partial charge in [0.2, 0.25) is 5.91 Å². The highest BCUT2D eigenvalue weighted by Crippen LogP contribution is 2.36. The van der Waals surface area contributed by atoms with Crippen molar-refractivity contribution >= 4 is 46.0 Å². The lowest BCUT2D eigenvalue weighted by molar-refractivity contribution is -0.384. The largest absolute Gasteiger partial charge is 0.497 e. The number of aliphatic imine (C=N–C) groups is 2. The van der Waals surface area contributed by atoms with Crippen LogP contribution in [0.15, 0.2) is 82.8 Å². The molecule has 0 aromatic heterocycles. The Morgan fingerprint density at radius 2 is 1.87 bits per heavy atom. The van der Waals surface area contributed by atoms with Gasteiger partial charge in [-0.05, 0) is 41.8 Å². The number of thioether (sulfide) groups is 1. The average molecular weight is 544 g/mol. The van der Waals surface area contributed by atoms with E-state index in [1.807, 2.05) is 54.6 Å². The molecule has 3 aromatic rings. The molecule has 39 heavy (non-hydrogen) atoms. The summed E-state index contributed by atoms with van der Waals surface area (Å²) in [4.78, 5) is 47.4. The van der Waals surface area contributed by atoms with Crippen LogP contribution >= 0.6 is 11.8 Å². The lowest BCUT2D eigenvalue weighted by Gasteiger charge is -2.31. The number of nitro benzene ring substituents is 1. The minimum Gasteiger partial charge on any atom is -0.497 e. The first-order valence-corrected chi connectivity index (χ1v) is 13.3. The van der Waals surface area contributed by atoms with Crippen molar-refractivity contribution in [3.8, 4) is 5.75 Å². The van der Waals surface area contributed by atoms with E-state index >= 15 is 0 Å². The first kappa shape index (κ1) is 26.1. The summed E-state index contributed by atoms with van der Waals surface area (Å²) in [5.41, 5.74) is 3.15. The summed E-state index contributed by atoms with van der Waals surface area (Å²) >= 11 is 1.37. The number of ether oxygens (including phenoxy) is 1. The molecule has 1 unspecified atom stereocenters. The minimum absolute atomic E-state index is 0.0150. The first-order chi connectivity index (χ1) is 18.9. The molecule has 3 aromatic carbocycles. The molecular formula is C28H25N5O5S. The Morgan fingerprint density at radius 3 is 2.64 bits per heavy atom. The zero-order valence-corrected chi connectivity index (χ0v) is 21.9. The summed E-state index contributed by atoms with van der Waals surface area (Å²) in [5.74, 6) is 1.16. The van der Waals surface area contributed by atoms with Gasteiger partial charge < -0.3 is 10.1 Å². The van der Waals surface area contributed by atoms with Gasteiger partial charge in [-0.25, -0.2) is 4.99 Å². The number of nitrogens with zero attached hydrogens (tertiary/aromatic N) is 4. The van der Waals surface area contributed by atoms with Crippen LogP contribution in [0.5, 0.6) is 5.75 Å². The third kappa shape index (κ3) is 5.83. The van der Waals surface area contributed by atoms with Gasteiger partial charge in [-0.3, -0.25) is 24.6 Å². The zero-order chi connectivity index (χ0) is 27.4. The van der Waals surface area contributed by atoms with Crippen LogP contribution in [0, 0.1) is 10.1 Å². The van der Waals surface area contributed by atoms with Gasteiger partial charge in [0, 0.05) is 36.4 Å². The molecule has 198 valence electrons. The Hall–Kier alpha value is -4.51. The molecule has 0 aliphatic carbocycles. The number of methoxy groups -OCH3 is 1. The number of non-ortho nitro benzene ring substituents is 1. The molecule has 5 rings (SSSR count). The Bertz CT molecular complexity index is 1490. The fraction of sp³-hybridized carbons (Fsp3) is 0.214. The third-order valence-electron chi connectivity index (χ3n) is 6.39. The maximum Gasteiger partial charge on any atom is 0.270 e. The number of benzene rings is 3. The van der Waals surface area contributed by atoms with Crippen molar-refractivity contribution in [2.75, 3.05) is 7.11 Å². The van der Waals surface area contributed by atoms with Gasteiger partial charge in [0.25, 0.3) is 11.6 Å². The van der Waals surface area contributed by atoms with Gasteiger partial charge in [0.15, 0.2) is 5.17 Å². The highest BCUT2D eigenvalue weighted by atomic mass is 32.2. The molecule has 0 spiro atoms. The number of rotatable bonds is 9. The van der Waals surface area contributed by atoms with Crippen molar-refractivity contribution in [3.63, 3.8) is 0 Å². The summed E-state index contributed by atoms with van der Waals surface area (Å²) in [5, 5.41) is 14.6. The van der Waals surface area contributed by atoms with Crippen molar-refractivity contribution < 1.29 is 19.2 Å². The van der Waals surface area contributed by atoms with Gasteiger partial charge in [0.1, 0.15) is 17.6 Å². The van der Waals surface area contributed by atoms with Crippen molar-refractivity contribution in [1.82, 2.24) is 10.2 Å². The Labute approximate surface area is 228 Å². The molecule has 1 atom stereocenters.